The first-order valence-electron chi connectivity index (χ1n) is 9.83. The van der Waals surface area contributed by atoms with Gasteiger partial charge in [0.05, 0.1) is 30.2 Å². The number of sulfonamides is 1. The van der Waals surface area contributed by atoms with E-state index in [0.717, 1.165) is 0 Å². The number of benzene rings is 2. The average Bonchev–Trinajstić information content (AvgIpc) is 3.05. The molecule has 32 heavy (non-hydrogen) atoms. The molecule has 0 fully saturated rings. The van der Waals surface area contributed by atoms with E-state index in [1.54, 1.807) is 48.7 Å². The highest BCUT2D eigenvalue weighted by Crippen LogP contribution is 2.32. The van der Waals surface area contributed by atoms with Crippen molar-refractivity contribution in [2.24, 2.45) is 0 Å². The van der Waals surface area contributed by atoms with Gasteiger partial charge in [-0.15, -0.1) is 0 Å². The summed E-state index contributed by atoms with van der Waals surface area (Å²) in [5, 5.41) is 5.81. The Hall–Kier alpha value is -3.37. The Morgan fingerprint density at radius 1 is 1.12 bits per heavy atom. The molecule has 1 aliphatic heterocycles. The molecule has 0 spiro atoms. The third-order valence-electron chi connectivity index (χ3n) is 4.91. The first-order valence-corrected chi connectivity index (χ1v) is 11.7. The van der Waals surface area contributed by atoms with Gasteiger partial charge in [-0.3, -0.25) is 9.10 Å². The number of hydrogen-bond acceptors (Lipinski definition) is 7. The lowest BCUT2D eigenvalue weighted by molar-refractivity contribution is -0.110. The number of carbonyl (C=O) groups is 2. The van der Waals surface area contributed by atoms with Crippen LogP contribution in [-0.2, 0) is 19.6 Å². The minimum Gasteiger partial charge on any atom is -0.465 e. The lowest BCUT2D eigenvalue weighted by atomic mass is 10.1. The van der Waals surface area contributed by atoms with Crippen molar-refractivity contribution in [2.75, 3.05) is 55.5 Å². The Morgan fingerprint density at radius 3 is 2.41 bits per heavy atom. The molecule has 1 aliphatic rings. The summed E-state index contributed by atoms with van der Waals surface area (Å²) < 4.78 is 30.4. The van der Waals surface area contributed by atoms with Gasteiger partial charge in [0.25, 0.3) is 5.91 Å². The summed E-state index contributed by atoms with van der Waals surface area (Å²) in [6.07, 6.45) is 2.76. The molecule has 170 valence electrons. The number of nitrogens with zero attached hydrogens (tertiary/aromatic N) is 2. The number of nitrogens with one attached hydrogen (secondary N) is 2. The molecule has 0 bridgehead atoms. The molecule has 1 amide bonds. The number of carbonyl (C=O) groups excluding carboxylic acids is 2. The maximum absolute atomic E-state index is 12.4. The normalized spacial score (nSPS) is 14.3. The van der Waals surface area contributed by atoms with Crippen LogP contribution in [0.3, 0.4) is 0 Å². The third kappa shape index (κ3) is 5.27. The van der Waals surface area contributed by atoms with Crippen LogP contribution in [0.5, 0.6) is 0 Å². The van der Waals surface area contributed by atoms with Gasteiger partial charge in [0, 0.05) is 36.2 Å². The predicted molar refractivity (Wildman–Crippen MR) is 125 cm³/mol. The number of ether oxygens (including phenoxy) is 1. The van der Waals surface area contributed by atoms with Crippen LogP contribution >= 0.6 is 0 Å². The van der Waals surface area contributed by atoms with Gasteiger partial charge in [-0.2, -0.15) is 0 Å². The Labute approximate surface area is 187 Å². The Kier molecular flexibility index (Phi) is 6.85. The number of esters is 1. The molecule has 0 aliphatic carbocycles. The van der Waals surface area contributed by atoms with Crippen LogP contribution in [0.25, 0.3) is 5.57 Å². The van der Waals surface area contributed by atoms with Gasteiger partial charge in [-0.05, 0) is 50.5 Å². The molecule has 9 nitrogen and oxygen atoms in total. The molecular formula is C22H26N4O5S. The van der Waals surface area contributed by atoms with E-state index < -0.39 is 16.0 Å². The first kappa shape index (κ1) is 23.3. The van der Waals surface area contributed by atoms with Crippen molar-refractivity contribution in [3.05, 3.63) is 59.8 Å². The molecule has 0 atom stereocenters. The number of likely N-dealkylation sites (N-methyl/N-ethyl adjacent to an activating group) is 1. The molecule has 0 radical (unpaired) electrons. The molecule has 0 saturated heterocycles. The molecule has 10 heteroatoms. The zero-order valence-electron chi connectivity index (χ0n) is 18.4. The molecule has 2 aromatic carbocycles. The van der Waals surface area contributed by atoms with Crippen LogP contribution in [0.15, 0.2) is 48.7 Å². The molecule has 0 saturated carbocycles. The largest absolute Gasteiger partial charge is 0.465 e. The highest BCUT2D eigenvalue weighted by Gasteiger charge is 2.25. The van der Waals surface area contributed by atoms with Crippen molar-refractivity contribution in [3.63, 3.8) is 0 Å². The minimum atomic E-state index is -3.42. The van der Waals surface area contributed by atoms with E-state index in [1.807, 2.05) is 19.0 Å². The lowest BCUT2D eigenvalue weighted by Gasteiger charge is -2.24. The Balaban J connectivity index is 1.78. The van der Waals surface area contributed by atoms with Gasteiger partial charge < -0.3 is 20.3 Å². The van der Waals surface area contributed by atoms with E-state index >= 15 is 0 Å². The highest BCUT2D eigenvalue weighted by atomic mass is 32.2. The molecule has 0 unspecified atom stereocenters. The van der Waals surface area contributed by atoms with Crippen LogP contribution in [0.2, 0.25) is 0 Å². The fraction of sp³-hybridized carbons (Fsp3) is 0.273. The van der Waals surface area contributed by atoms with Gasteiger partial charge in [-0.1, -0.05) is 6.07 Å². The number of anilines is 3. The summed E-state index contributed by atoms with van der Waals surface area (Å²) in [6, 6.07) is 11.8. The number of hydrogen-bond donors (Lipinski definition) is 2. The molecule has 2 aromatic rings. The zero-order chi connectivity index (χ0) is 23.5. The summed E-state index contributed by atoms with van der Waals surface area (Å²) in [6.45, 7) is 0.929. The number of methoxy groups -OCH3 is 1. The summed E-state index contributed by atoms with van der Waals surface area (Å²) in [5.74, 6) is -0.774. The maximum Gasteiger partial charge on any atom is 0.337 e. The second-order valence-corrected chi connectivity index (χ2v) is 9.50. The summed E-state index contributed by atoms with van der Waals surface area (Å²) in [4.78, 5) is 26.0. The van der Waals surface area contributed by atoms with Crippen LogP contribution in [-0.4, -0.2) is 65.7 Å². The SMILES string of the molecule is COC(=O)c1ccc2c(c1)NC(=O)C2=CNc1ccc(N(CCN(C)C)S(C)(=O)=O)cc1. The molecule has 2 N–H and O–H groups in total. The van der Waals surface area contributed by atoms with E-state index in [0.29, 0.717) is 46.9 Å². The summed E-state index contributed by atoms with van der Waals surface area (Å²) >= 11 is 0. The topological polar surface area (TPSA) is 108 Å². The van der Waals surface area contributed by atoms with E-state index in [9.17, 15) is 18.0 Å². The van der Waals surface area contributed by atoms with Crippen molar-refractivity contribution >= 4 is 44.5 Å². The van der Waals surface area contributed by atoms with E-state index in [4.69, 9.17) is 4.74 Å². The van der Waals surface area contributed by atoms with Gasteiger partial charge in [0.15, 0.2) is 0 Å². The quantitative estimate of drug-likeness (QED) is 0.461. The maximum atomic E-state index is 12.4. The van der Waals surface area contributed by atoms with E-state index in [-0.39, 0.29) is 5.91 Å². The van der Waals surface area contributed by atoms with Gasteiger partial charge in [0.1, 0.15) is 0 Å². The second-order valence-electron chi connectivity index (χ2n) is 7.59. The fourth-order valence-corrected chi connectivity index (χ4v) is 4.16. The lowest BCUT2D eigenvalue weighted by Crippen LogP contribution is -2.35. The van der Waals surface area contributed by atoms with Crippen molar-refractivity contribution in [1.29, 1.82) is 0 Å². The first-order chi connectivity index (χ1) is 15.1. The predicted octanol–water partition coefficient (Wildman–Crippen LogP) is 2.21. The van der Waals surface area contributed by atoms with Crippen molar-refractivity contribution < 1.29 is 22.7 Å². The van der Waals surface area contributed by atoms with Crippen molar-refractivity contribution in [3.8, 4) is 0 Å². The summed E-state index contributed by atoms with van der Waals surface area (Å²) in [7, 11) is 1.65. The highest BCUT2D eigenvalue weighted by molar-refractivity contribution is 7.92. The van der Waals surface area contributed by atoms with E-state index in [2.05, 4.69) is 10.6 Å². The van der Waals surface area contributed by atoms with Crippen LogP contribution < -0.4 is 14.9 Å². The van der Waals surface area contributed by atoms with Crippen LogP contribution in [0.4, 0.5) is 17.1 Å². The third-order valence-corrected chi connectivity index (χ3v) is 6.11. The van der Waals surface area contributed by atoms with Gasteiger partial charge in [-0.25, -0.2) is 13.2 Å². The second kappa shape index (κ2) is 9.41. The Bertz CT molecular complexity index is 1160. The monoisotopic (exact) mass is 458 g/mol. The number of amides is 1. The number of rotatable bonds is 8. The van der Waals surface area contributed by atoms with Crippen molar-refractivity contribution in [2.45, 2.75) is 0 Å². The fourth-order valence-electron chi connectivity index (χ4n) is 3.24. The average molecular weight is 459 g/mol. The standard InChI is InChI=1S/C22H26N4O5S/c1-25(2)11-12-26(32(4,29)30)17-8-6-16(7-9-17)23-14-19-18-10-5-15(22(28)31-3)13-20(18)24-21(19)27/h5-10,13-14,23H,11-12H2,1-4H3,(H,24,27). The summed E-state index contributed by atoms with van der Waals surface area (Å²) in [5.41, 5.74) is 3.22. The molecule has 0 aromatic heterocycles. The smallest absolute Gasteiger partial charge is 0.337 e. The molecular weight excluding hydrogens is 432 g/mol. The van der Waals surface area contributed by atoms with Crippen molar-refractivity contribution in [1.82, 2.24) is 4.90 Å². The van der Waals surface area contributed by atoms with E-state index in [1.165, 1.54) is 17.7 Å². The molecule has 1 heterocycles. The Morgan fingerprint density at radius 2 is 1.81 bits per heavy atom. The molecule has 3 rings (SSSR count). The van der Waals surface area contributed by atoms with Crippen LogP contribution in [0, 0.1) is 0 Å². The van der Waals surface area contributed by atoms with Gasteiger partial charge >= 0.3 is 5.97 Å². The minimum absolute atomic E-state index is 0.293. The zero-order valence-corrected chi connectivity index (χ0v) is 19.2. The van der Waals surface area contributed by atoms with Crippen LogP contribution in [0.1, 0.15) is 15.9 Å². The number of fused-ring (bicyclic) bond motifs is 1. The van der Waals surface area contributed by atoms with Gasteiger partial charge in [0.2, 0.25) is 10.0 Å².